The van der Waals surface area contributed by atoms with E-state index in [4.69, 9.17) is 9.97 Å². The van der Waals surface area contributed by atoms with Crippen LogP contribution in [0.4, 0.5) is 0 Å². The molecule has 0 radical (unpaired) electrons. The van der Waals surface area contributed by atoms with E-state index in [9.17, 15) is 0 Å². The van der Waals surface area contributed by atoms with Crippen molar-refractivity contribution in [1.82, 2.24) is 14.5 Å². The van der Waals surface area contributed by atoms with Crippen LogP contribution in [0.2, 0.25) is 13.1 Å². The molecule has 0 unspecified atom stereocenters. The van der Waals surface area contributed by atoms with Crippen molar-refractivity contribution in [3.63, 3.8) is 0 Å². The minimum absolute atomic E-state index is 0.793. The van der Waals surface area contributed by atoms with Gasteiger partial charge in [0.25, 0.3) is 0 Å². The van der Waals surface area contributed by atoms with E-state index in [1.54, 1.807) is 0 Å². The van der Waals surface area contributed by atoms with Crippen molar-refractivity contribution in [2.24, 2.45) is 0 Å². The first kappa shape index (κ1) is 26.8. The quantitative estimate of drug-likeness (QED) is 0.187. The SMILES string of the molecule is C[SiH-]1(C)c2ccccc2-c2c(-c3ccc4c(c3)c3ccccc3n4-c3ccccc3)nc(-c3ccc(-c4ccccc4)cc3)nc21. The summed E-state index contributed by atoms with van der Waals surface area (Å²) >= 11 is 0. The molecular formula is C42H32N3Si-. The molecular weight excluding hydrogens is 575 g/mol. The van der Waals surface area contributed by atoms with Crippen LogP contribution >= 0.6 is 0 Å². The predicted molar refractivity (Wildman–Crippen MR) is 196 cm³/mol. The van der Waals surface area contributed by atoms with Gasteiger partial charge in [0.05, 0.1) is 0 Å². The van der Waals surface area contributed by atoms with Crippen molar-refractivity contribution in [2.75, 3.05) is 0 Å². The minimum atomic E-state index is -2.43. The number of benzene rings is 6. The summed E-state index contributed by atoms with van der Waals surface area (Å²) in [6, 6.07) is 54.4. The van der Waals surface area contributed by atoms with Crippen molar-refractivity contribution < 1.29 is 0 Å². The zero-order valence-electron chi connectivity index (χ0n) is 25.9. The van der Waals surface area contributed by atoms with Crippen molar-refractivity contribution in [3.05, 3.63) is 152 Å². The molecule has 0 saturated carbocycles. The normalized spacial score (nSPS) is 13.9. The van der Waals surface area contributed by atoms with E-state index in [2.05, 4.69) is 169 Å². The molecule has 0 atom stereocenters. The van der Waals surface area contributed by atoms with Gasteiger partial charge in [0.2, 0.25) is 0 Å². The number of rotatable bonds is 4. The standard InChI is InChI=1S/C42H32N3Si/c1-46(2)38-20-12-10-18-34(38)39-40(43-41(44-42(39)46)30-23-21-29(22-24-30)28-13-5-3-6-14-28)31-25-26-37-35(27-31)33-17-9-11-19-36(33)45(37)32-15-7-4-8-16-32/h3-27,46H,1-2H3/q-1. The molecule has 0 N–H and O–H groups in total. The van der Waals surface area contributed by atoms with Gasteiger partial charge >= 0.3 is 270 Å². The maximum atomic E-state index is 5.41. The van der Waals surface area contributed by atoms with E-state index in [-0.39, 0.29) is 0 Å². The molecule has 0 aliphatic carbocycles. The molecule has 0 spiro atoms. The molecule has 4 heteroatoms. The number of aromatic nitrogens is 3. The first-order valence-electron chi connectivity index (χ1n) is 16.1. The van der Waals surface area contributed by atoms with Gasteiger partial charge in [0.15, 0.2) is 0 Å². The van der Waals surface area contributed by atoms with E-state index in [1.165, 1.54) is 54.6 Å². The molecule has 2 aromatic heterocycles. The van der Waals surface area contributed by atoms with Crippen LogP contribution in [-0.4, -0.2) is 22.6 Å². The average molecular weight is 607 g/mol. The summed E-state index contributed by atoms with van der Waals surface area (Å²) in [6.45, 7) is 4.90. The Kier molecular flexibility index (Phi) is 5.96. The van der Waals surface area contributed by atoms with Crippen LogP contribution in [0.1, 0.15) is 0 Å². The summed E-state index contributed by atoms with van der Waals surface area (Å²) in [5.74, 6) is 0.793. The predicted octanol–water partition coefficient (Wildman–Crippen LogP) is 9.11. The third kappa shape index (κ3) is 4.04. The van der Waals surface area contributed by atoms with Gasteiger partial charge in [-0.25, -0.2) is 0 Å². The Morgan fingerprint density at radius 1 is 0.500 bits per heavy atom. The van der Waals surface area contributed by atoms with Gasteiger partial charge in [-0.05, 0) is 0 Å². The number of hydrogen-bond donors (Lipinski definition) is 0. The summed E-state index contributed by atoms with van der Waals surface area (Å²) in [7, 11) is -2.43. The monoisotopic (exact) mass is 606 g/mol. The van der Waals surface area contributed by atoms with Gasteiger partial charge in [-0.15, -0.1) is 0 Å². The van der Waals surface area contributed by atoms with Crippen LogP contribution in [0.25, 0.3) is 72.4 Å². The van der Waals surface area contributed by atoms with E-state index in [0.717, 1.165) is 28.3 Å². The van der Waals surface area contributed by atoms with Crippen LogP contribution in [0.5, 0.6) is 0 Å². The Bertz CT molecular complexity index is 2430. The number of nitrogens with zero attached hydrogens (tertiary/aromatic N) is 3. The molecule has 0 fully saturated rings. The molecule has 8 aromatic rings. The zero-order chi connectivity index (χ0) is 30.8. The number of fused-ring (bicyclic) bond motifs is 6. The van der Waals surface area contributed by atoms with Gasteiger partial charge in [0, 0.05) is 0 Å². The molecule has 0 bridgehead atoms. The Morgan fingerprint density at radius 3 is 1.91 bits per heavy atom. The molecule has 9 rings (SSSR count). The van der Waals surface area contributed by atoms with Crippen LogP contribution in [0, 0.1) is 0 Å². The number of para-hydroxylation sites is 2. The Balaban J connectivity index is 1.28. The fraction of sp³-hybridized carbons (Fsp3) is 0.0476. The van der Waals surface area contributed by atoms with E-state index in [1.807, 2.05) is 0 Å². The first-order valence-corrected chi connectivity index (χ1v) is 19.5. The molecule has 1 aliphatic rings. The maximum absolute atomic E-state index is 5.41. The molecule has 3 nitrogen and oxygen atoms in total. The first-order chi connectivity index (χ1) is 22.6. The van der Waals surface area contributed by atoms with E-state index in [0.29, 0.717) is 0 Å². The summed E-state index contributed by atoms with van der Waals surface area (Å²) in [5.41, 5.74) is 11.6. The van der Waals surface area contributed by atoms with Gasteiger partial charge in [-0.3, -0.25) is 0 Å². The summed E-state index contributed by atoms with van der Waals surface area (Å²) < 4.78 is 2.37. The third-order valence-electron chi connectivity index (χ3n) is 9.84. The van der Waals surface area contributed by atoms with Gasteiger partial charge in [0.1, 0.15) is 0 Å². The Labute approximate surface area is 269 Å². The summed E-state index contributed by atoms with van der Waals surface area (Å²) in [4.78, 5) is 10.8. The molecule has 1 aliphatic heterocycles. The van der Waals surface area contributed by atoms with Crippen LogP contribution in [0.15, 0.2) is 152 Å². The molecule has 6 aromatic carbocycles. The average Bonchev–Trinajstić information content (AvgIpc) is 3.57. The van der Waals surface area contributed by atoms with Crippen LogP contribution in [0.3, 0.4) is 0 Å². The van der Waals surface area contributed by atoms with Gasteiger partial charge < -0.3 is 0 Å². The van der Waals surface area contributed by atoms with Gasteiger partial charge in [-0.2, -0.15) is 0 Å². The molecule has 0 saturated heterocycles. The Morgan fingerprint density at radius 2 is 1.11 bits per heavy atom. The second kappa shape index (κ2) is 10.2. The molecule has 3 heterocycles. The summed E-state index contributed by atoms with van der Waals surface area (Å²) in [6.07, 6.45) is 0. The van der Waals surface area contributed by atoms with Crippen molar-refractivity contribution >= 4 is 40.4 Å². The van der Waals surface area contributed by atoms with E-state index >= 15 is 0 Å². The zero-order valence-corrected chi connectivity index (χ0v) is 27.0. The summed E-state index contributed by atoms with van der Waals surface area (Å²) in [5, 5.41) is 5.16. The van der Waals surface area contributed by atoms with Crippen molar-refractivity contribution in [3.8, 4) is 50.6 Å². The van der Waals surface area contributed by atoms with Crippen molar-refractivity contribution in [2.45, 2.75) is 13.1 Å². The second-order valence-electron chi connectivity index (χ2n) is 13.0. The fourth-order valence-electron chi connectivity index (χ4n) is 7.52. The molecule has 46 heavy (non-hydrogen) atoms. The fourth-order valence-corrected chi connectivity index (χ4v) is 10.9. The van der Waals surface area contributed by atoms with Gasteiger partial charge in [-0.1, -0.05) is 0 Å². The number of hydrogen-bond acceptors (Lipinski definition) is 2. The van der Waals surface area contributed by atoms with Crippen LogP contribution < -0.4 is 10.5 Å². The van der Waals surface area contributed by atoms with Crippen molar-refractivity contribution in [1.29, 1.82) is 0 Å². The molecule has 220 valence electrons. The van der Waals surface area contributed by atoms with Crippen LogP contribution in [-0.2, 0) is 0 Å². The third-order valence-corrected chi connectivity index (χ3v) is 13.7. The topological polar surface area (TPSA) is 30.7 Å². The Hall–Kier alpha value is -5.58. The molecule has 0 amide bonds. The van der Waals surface area contributed by atoms with E-state index < -0.39 is 8.07 Å². The second-order valence-corrected chi connectivity index (χ2v) is 17.9.